The number of likely N-dealkylation sites (N-methyl/N-ethyl adjacent to an activating group) is 1. The summed E-state index contributed by atoms with van der Waals surface area (Å²) in [6.07, 6.45) is 1.32. The summed E-state index contributed by atoms with van der Waals surface area (Å²) in [5.74, 6) is -0.0220. The van der Waals surface area contributed by atoms with Crippen molar-refractivity contribution in [3.05, 3.63) is 60.2 Å². The topological polar surface area (TPSA) is 61.4 Å². The van der Waals surface area contributed by atoms with Gasteiger partial charge in [-0.2, -0.15) is 0 Å². The van der Waals surface area contributed by atoms with Crippen LogP contribution in [0.5, 0.6) is 0 Å². The lowest BCUT2D eigenvalue weighted by atomic mass is 10.2. The third-order valence-electron chi connectivity index (χ3n) is 4.02. The second kappa shape index (κ2) is 10.2. The molecule has 0 aliphatic heterocycles. The molecule has 5 heteroatoms. The van der Waals surface area contributed by atoms with Crippen molar-refractivity contribution in [1.29, 1.82) is 0 Å². The summed E-state index contributed by atoms with van der Waals surface area (Å²) in [6.45, 7) is 5.51. The molecule has 0 aliphatic carbocycles. The predicted octanol–water partition coefficient (Wildman–Crippen LogP) is 3.57. The van der Waals surface area contributed by atoms with Crippen LogP contribution in [0.15, 0.2) is 54.6 Å². The molecule has 2 aromatic carbocycles. The first-order valence-corrected chi connectivity index (χ1v) is 9.07. The summed E-state index contributed by atoms with van der Waals surface area (Å²) >= 11 is 0. The maximum atomic E-state index is 12.3. The Bertz CT molecular complexity index is 716. The molecule has 0 heterocycles. The lowest BCUT2D eigenvalue weighted by molar-refractivity contribution is -0.120. The van der Waals surface area contributed by atoms with Crippen molar-refractivity contribution in [3.8, 4) is 0 Å². The first-order chi connectivity index (χ1) is 12.6. The molecule has 138 valence electrons. The summed E-state index contributed by atoms with van der Waals surface area (Å²) in [4.78, 5) is 26.0. The van der Waals surface area contributed by atoms with Crippen LogP contribution >= 0.6 is 0 Å². The number of carbonyl (C=O) groups is 2. The van der Waals surface area contributed by atoms with Crippen molar-refractivity contribution >= 4 is 23.2 Å². The van der Waals surface area contributed by atoms with Gasteiger partial charge in [-0.15, -0.1) is 0 Å². The van der Waals surface area contributed by atoms with Gasteiger partial charge in [-0.25, -0.2) is 0 Å². The van der Waals surface area contributed by atoms with E-state index < -0.39 is 0 Å². The second-order valence-corrected chi connectivity index (χ2v) is 6.13. The minimum atomic E-state index is -0.0314. The molecule has 2 rings (SSSR count). The number of hydrogen-bond acceptors (Lipinski definition) is 3. The van der Waals surface area contributed by atoms with Gasteiger partial charge in [-0.05, 0) is 43.2 Å². The van der Waals surface area contributed by atoms with E-state index >= 15 is 0 Å². The smallest absolute Gasteiger partial charge is 0.239 e. The molecule has 0 saturated heterocycles. The fourth-order valence-electron chi connectivity index (χ4n) is 2.66. The summed E-state index contributed by atoms with van der Waals surface area (Å²) in [5, 5.41) is 5.82. The second-order valence-electron chi connectivity index (χ2n) is 6.13. The Labute approximate surface area is 155 Å². The van der Waals surface area contributed by atoms with Crippen molar-refractivity contribution in [2.45, 2.75) is 33.2 Å². The van der Waals surface area contributed by atoms with E-state index in [0.29, 0.717) is 19.5 Å². The van der Waals surface area contributed by atoms with Crippen molar-refractivity contribution in [2.24, 2.45) is 0 Å². The molecule has 0 saturated carbocycles. The molecule has 0 fully saturated rings. The average molecular weight is 353 g/mol. The molecule has 0 bridgehead atoms. The average Bonchev–Trinajstić information content (AvgIpc) is 2.65. The lowest BCUT2D eigenvalue weighted by Gasteiger charge is -2.22. The van der Waals surface area contributed by atoms with Crippen LogP contribution in [0.2, 0.25) is 0 Å². The fraction of sp³-hybridized carbons (Fsp3) is 0.333. The maximum Gasteiger partial charge on any atom is 0.239 e. The Morgan fingerprint density at radius 1 is 0.962 bits per heavy atom. The third kappa shape index (κ3) is 6.24. The molecule has 0 aliphatic rings. The number of para-hydroxylation sites is 1. The van der Waals surface area contributed by atoms with Gasteiger partial charge in [0.1, 0.15) is 0 Å². The van der Waals surface area contributed by atoms with E-state index in [4.69, 9.17) is 0 Å². The highest BCUT2D eigenvalue weighted by Gasteiger charge is 2.09. The minimum absolute atomic E-state index is 0.00938. The van der Waals surface area contributed by atoms with Crippen LogP contribution in [0.1, 0.15) is 32.3 Å². The van der Waals surface area contributed by atoms with Gasteiger partial charge in [0.2, 0.25) is 11.8 Å². The van der Waals surface area contributed by atoms with Crippen LogP contribution in [-0.4, -0.2) is 24.9 Å². The zero-order valence-corrected chi connectivity index (χ0v) is 15.5. The molecule has 5 nitrogen and oxygen atoms in total. The largest absolute Gasteiger partial charge is 0.363 e. The van der Waals surface area contributed by atoms with Crippen LogP contribution in [0, 0.1) is 0 Å². The van der Waals surface area contributed by atoms with Crippen molar-refractivity contribution < 1.29 is 9.59 Å². The van der Waals surface area contributed by atoms with E-state index in [2.05, 4.69) is 10.6 Å². The number of nitrogens with one attached hydrogen (secondary N) is 2. The van der Waals surface area contributed by atoms with Crippen molar-refractivity contribution in [2.75, 3.05) is 23.3 Å². The molecule has 2 aromatic rings. The van der Waals surface area contributed by atoms with Gasteiger partial charge in [0.05, 0.1) is 6.54 Å². The van der Waals surface area contributed by atoms with Gasteiger partial charge in [-0.1, -0.05) is 37.3 Å². The number of rotatable bonds is 9. The highest BCUT2D eigenvalue weighted by Crippen LogP contribution is 2.13. The highest BCUT2D eigenvalue weighted by atomic mass is 16.2. The number of nitrogens with zero attached hydrogens (tertiary/aromatic N) is 1. The van der Waals surface area contributed by atoms with Crippen LogP contribution < -0.4 is 15.5 Å². The molecule has 26 heavy (non-hydrogen) atoms. The number of benzene rings is 2. The third-order valence-corrected chi connectivity index (χ3v) is 4.02. The van der Waals surface area contributed by atoms with E-state index in [0.717, 1.165) is 29.9 Å². The standard InChI is InChI=1S/C21H27N3O2/c1-3-9-20(25)23-18-11-8-10-17(14-18)15-22-21(26)16-24(4-2)19-12-6-5-7-13-19/h5-8,10-14H,3-4,9,15-16H2,1-2H3,(H,22,26)(H,23,25). The van der Waals surface area contributed by atoms with Gasteiger partial charge in [0, 0.05) is 30.9 Å². The van der Waals surface area contributed by atoms with E-state index in [1.165, 1.54) is 0 Å². The van der Waals surface area contributed by atoms with E-state index in [9.17, 15) is 9.59 Å². The Hall–Kier alpha value is -2.82. The Morgan fingerprint density at radius 3 is 2.42 bits per heavy atom. The first kappa shape index (κ1) is 19.5. The quantitative estimate of drug-likeness (QED) is 0.724. The van der Waals surface area contributed by atoms with E-state index in [-0.39, 0.29) is 11.8 Å². The van der Waals surface area contributed by atoms with Crippen molar-refractivity contribution in [1.82, 2.24) is 5.32 Å². The monoisotopic (exact) mass is 353 g/mol. The maximum absolute atomic E-state index is 12.3. The number of anilines is 2. The summed E-state index contributed by atoms with van der Waals surface area (Å²) in [5.41, 5.74) is 2.75. The molecule has 0 atom stereocenters. The molecular weight excluding hydrogens is 326 g/mol. The predicted molar refractivity (Wildman–Crippen MR) is 106 cm³/mol. The zero-order chi connectivity index (χ0) is 18.8. The van der Waals surface area contributed by atoms with Crippen LogP contribution in [0.4, 0.5) is 11.4 Å². The molecule has 0 aromatic heterocycles. The molecule has 2 amide bonds. The highest BCUT2D eigenvalue weighted by molar-refractivity contribution is 5.90. The van der Waals surface area contributed by atoms with Crippen LogP contribution in [-0.2, 0) is 16.1 Å². The van der Waals surface area contributed by atoms with E-state index in [1.54, 1.807) is 0 Å². The van der Waals surface area contributed by atoms with Gasteiger partial charge in [-0.3, -0.25) is 9.59 Å². The van der Waals surface area contributed by atoms with Gasteiger partial charge < -0.3 is 15.5 Å². The minimum Gasteiger partial charge on any atom is -0.363 e. The SMILES string of the molecule is CCCC(=O)Nc1cccc(CNC(=O)CN(CC)c2ccccc2)c1. The van der Waals surface area contributed by atoms with Gasteiger partial charge in [0.25, 0.3) is 0 Å². The number of amides is 2. The first-order valence-electron chi connectivity index (χ1n) is 9.07. The summed E-state index contributed by atoms with van der Waals surface area (Å²) in [7, 11) is 0. The Kier molecular flexibility index (Phi) is 7.68. The Balaban J connectivity index is 1.87. The van der Waals surface area contributed by atoms with Gasteiger partial charge >= 0.3 is 0 Å². The normalized spacial score (nSPS) is 10.2. The summed E-state index contributed by atoms with van der Waals surface area (Å²) in [6, 6.07) is 17.5. The fourth-order valence-corrected chi connectivity index (χ4v) is 2.66. The zero-order valence-electron chi connectivity index (χ0n) is 15.5. The molecular formula is C21H27N3O2. The number of hydrogen-bond donors (Lipinski definition) is 2. The van der Waals surface area contributed by atoms with Gasteiger partial charge in [0.15, 0.2) is 0 Å². The van der Waals surface area contributed by atoms with Crippen molar-refractivity contribution in [3.63, 3.8) is 0 Å². The molecule has 0 spiro atoms. The van der Waals surface area contributed by atoms with Crippen LogP contribution in [0.25, 0.3) is 0 Å². The lowest BCUT2D eigenvalue weighted by Crippen LogP contribution is -2.36. The molecule has 2 N–H and O–H groups in total. The Morgan fingerprint density at radius 2 is 1.73 bits per heavy atom. The van der Waals surface area contributed by atoms with Crippen LogP contribution in [0.3, 0.4) is 0 Å². The van der Waals surface area contributed by atoms with E-state index in [1.807, 2.05) is 73.3 Å². The molecule has 0 unspecified atom stereocenters. The molecule has 0 radical (unpaired) electrons. The number of carbonyl (C=O) groups excluding carboxylic acids is 2. The summed E-state index contributed by atoms with van der Waals surface area (Å²) < 4.78 is 0.